The lowest BCUT2D eigenvalue weighted by Gasteiger charge is -2.25. The first kappa shape index (κ1) is 15.1. The van der Waals surface area contributed by atoms with Crippen LogP contribution in [0.4, 0.5) is 10.5 Å². The van der Waals surface area contributed by atoms with Crippen LogP contribution >= 0.6 is 0 Å². The van der Waals surface area contributed by atoms with Crippen LogP contribution in [0.15, 0.2) is 30.3 Å². The Morgan fingerprint density at radius 2 is 1.81 bits per heavy atom. The highest BCUT2D eigenvalue weighted by atomic mass is 16.4. The Morgan fingerprint density at radius 1 is 1.19 bits per heavy atom. The van der Waals surface area contributed by atoms with E-state index in [1.54, 1.807) is 24.3 Å². The zero-order valence-electron chi connectivity index (χ0n) is 12.1. The number of amides is 2. The lowest BCUT2D eigenvalue weighted by atomic mass is 10.0. The van der Waals surface area contributed by atoms with Crippen LogP contribution in [-0.2, 0) is 4.79 Å². The van der Waals surface area contributed by atoms with Gasteiger partial charge in [0, 0.05) is 17.3 Å². The standard InChI is InChI=1S/C16H20N2O3/c1-16(10-2-3-11-16)18-15(21)17-13-7-4-12(5-8-13)6-9-14(19)20/h4-9H,2-3,10-11H2,1H3,(H,19,20)(H2,17,18,21). The first-order valence-electron chi connectivity index (χ1n) is 7.07. The third-order valence-electron chi connectivity index (χ3n) is 3.71. The van der Waals surface area contributed by atoms with E-state index >= 15 is 0 Å². The second kappa shape index (κ2) is 6.43. The summed E-state index contributed by atoms with van der Waals surface area (Å²) < 4.78 is 0. The van der Waals surface area contributed by atoms with E-state index in [-0.39, 0.29) is 11.6 Å². The van der Waals surface area contributed by atoms with Crippen molar-refractivity contribution in [3.63, 3.8) is 0 Å². The van der Waals surface area contributed by atoms with Crippen LogP contribution in [0.2, 0.25) is 0 Å². The maximum atomic E-state index is 12.0. The maximum Gasteiger partial charge on any atom is 0.328 e. The topological polar surface area (TPSA) is 78.4 Å². The highest BCUT2D eigenvalue weighted by molar-refractivity contribution is 5.90. The van der Waals surface area contributed by atoms with Crippen LogP contribution in [0.5, 0.6) is 0 Å². The van der Waals surface area contributed by atoms with E-state index in [0.717, 1.165) is 37.3 Å². The van der Waals surface area contributed by atoms with Crippen LogP contribution in [0, 0.1) is 0 Å². The number of aliphatic carboxylic acids is 1. The molecular weight excluding hydrogens is 268 g/mol. The predicted octanol–water partition coefficient (Wildman–Crippen LogP) is 3.24. The summed E-state index contributed by atoms with van der Waals surface area (Å²) >= 11 is 0. The van der Waals surface area contributed by atoms with Crippen molar-refractivity contribution in [1.29, 1.82) is 0 Å². The highest BCUT2D eigenvalue weighted by Crippen LogP contribution is 2.28. The van der Waals surface area contributed by atoms with Gasteiger partial charge in [0.05, 0.1) is 0 Å². The van der Waals surface area contributed by atoms with Gasteiger partial charge in [-0.2, -0.15) is 0 Å². The minimum absolute atomic E-state index is 0.103. The zero-order chi connectivity index (χ0) is 15.3. The van der Waals surface area contributed by atoms with Crippen molar-refractivity contribution in [2.45, 2.75) is 38.1 Å². The number of carboxylic acid groups (broad SMARTS) is 1. The van der Waals surface area contributed by atoms with Crippen LogP contribution < -0.4 is 10.6 Å². The highest BCUT2D eigenvalue weighted by Gasteiger charge is 2.29. The molecule has 1 aliphatic carbocycles. The average molecular weight is 288 g/mol. The lowest BCUT2D eigenvalue weighted by Crippen LogP contribution is -2.45. The third kappa shape index (κ3) is 4.63. The second-order valence-electron chi connectivity index (χ2n) is 5.64. The molecule has 0 aliphatic heterocycles. The van der Waals surface area contributed by atoms with Gasteiger partial charge in [-0.1, -0.05) is 25.0 Å². The fourth-order valence-corrected chi connectivity index (χ4v) is 2.56. The molecule has 0 spiro atoms. The summed E-state index contributed by atoms with van der Waals surface area (Å²) in [5.74, 6) is -0.985. The molecule has 1 saturated carbocycles. The van der Waals surface area contributed by atoms with Crippen LogP contribution in [0.3, 0.4) is 0 Å². The molecule has 5 nitrogen and oxygen atoms in total. The molecule has 112 valence electrons. The summed E-state index contributed by atoms with van der Waals surface area (Å²) in [7, 11) is 0. The number of nitrogens with one attached hydrogen (secondary N) is 2. The minimum Gasteiger partial charge on any atom is -0.478 e. The molecule has 0 atom stereocenters. The fraction of sp³-hybridized carbons (Fsp3) is 0.375. The molecule has 1 fully saturated rings. The summed E-state index contributed by atoms with van der Waals surface area (Å²) in [5.41, 5.74) is 1.35. The Balaban J connectivity index is 1.90. The van der Waals surface area contributed by atoms with Gasteiger partial charge in [0.2, 0.25) is 0 Å². The maximum absolute atomic E-state index is 12.0. The smallest absolute Gasteiger partial charge is 0.328 e. The molecule has 2 amide bonds. The summed E-state index contributed by atoms with van der Waals surface area (Å²) in [4.78, 5) is 22.4. The molecule has 0 heterocycles. The van der Waals surface area contributed by atoms with E-state index in [9.17, 15) is 9.59 Å². The van der Waals surface area contributed by atoms with Crippen LogP contribution in [0.25, 0.3) is 6.08 Å². The molecule has 5 heteroatoms. The van der Waals surface area contributed by atoms with E-state index in [0.29, 0.717) is 5.69 Å². The number of carbonyl (C=O) groups excluding carboxylic acids is 1. The van der Waals surface area contributed by atoms with E-state index in [1.165, 1.54) is 6.08 Å². The van der Waals surface area contributed by atoms with Crippen molar-refractivity contribution in [2.75, 3.05) is 5.32 Å². The van der Waals surface area contributed by atoms with Crippen molar-refractivity contribution in [3.05, 3.63) is 35.9 Å². The van der Waals surface area contributed by atoms with Gasteiger partial charge in [-0.25, -0.2) is 9.59 Å². The van der Waals surface area contributed by atoms with Gasteiger partial charge < -0.3 is 15.7 Å². The molecule has 21 heavy (non-hydrogen) atoms. The largest absolute Gasteiger partial charge is 0.478 e. The third-order valence-corrected chi connectivity index (χ3v) is 3.71. The number of hydrogen-bond acceptors (Lipinski definition) is 2. The normalized spacial score (nSPS) is 16.8. The average Bonchev–Trinajstić information content (AvgIpc) is 2.84. The van der Waals surface area contributed by atoms with Crippen molar-refractivity contribution in [3.8, 4) is 0 Å². The molecule has 1 aromatic rings. The molecule has 1 aliphatic rings. The quantitative estimate of drug-likeness (QED) is 0.744. The first-order valence-corrected chi connectivity index (χ1v) is 7.07. The number of carboxylic acids is 1. The summed E-state index contributed by atoms with van der Waals surface area (Å²) in [6, 6.07) is 6.81. The monoisotopic (exact) mass is 288 g/mol. The molecule has 0 aromatic heterocycles. The van der Waals surface area contributed by atoms with Gasteiger partial charge in [-0.15, -0.1) is 0 Å². The predicted molar refractivity (Wildman–Crippen MR) is 82.1 cm³/mol. The van der Waals surface area contributed by atoms with Gasteiger partial charge in [-0.05, 0) is 43.5 Å². The van der Waals surface area contributed by atoms with Gasteiger partial charge in [-0.3, -0.25) is 0 Å². The second-order valence-corrected chi connectivity index (χ2v) is 5.64. The number of hydrogen-bond donors (Lipinski definition) is 3. The number of carbonyl (C=O) groups is 2. The number of rotatable bonds is 4. The summed E-state index contributed by atoms with van der Waals surface area (Å²) in [5, 5.41) is 14.4. The summed E-state index contributed by atoms with van der Waals surface area (Å²) in [6.07, 6.45) is 6.92. The summed E-state index contributed by atoms with van der Waals surface area (Å²) in [6.45, 7) is 2.07. The van der Waals surface area contributed by atoms with Gasteiger partial charge in [0.15, 0.2) is 0 Å². The van der Waals surface area contributed by atoms with Crippen molar-refractivity contribution >= 4 is 23.8 Å². The minimum atomic E-state index is -0.985. The Kier molecular flexibility index (Phi) is 4.62. The van der Waals surface area contributed by atoms with Gasteiger partial charge in [0.1, 0.15) is 0 Å². The Hall–Kier alpha value is -2.30. The zero-order valence-corrected chi connectivity index (χ0v) is 12.1. The Morgan fingerprint density at radius 3 is 2.38 bits per heavy atom. The van der Waals surface area contributed by atoms with E-state index in [4.69, 9.17) is 5.11 Å². The van der Waals surface area contributed by atoms with E-state index in [2.05, 4.69) is 17.6 Å². The van der Waals surface area contributed by atoms with Gasteiger partial charge in [0.25, 0.3) is 0 Å². The molecule has 2 rings (SSSR count). The van der Waals surface area contributed by atoms with Crippen molar-refractivity contribution < 1.29 is 14.7 Å². The first-order chi connectivity index (χ1) is 9.97. The van der Waals surface area contributed by atoms with Crippen LogP contribution in [0.1, 0.15) is 38.2 Å². The van der Waals surface area contributed by atoms with Crippen molar-refractivity contribution in [1.82, 2.24) is 5.32 Å². The Bertz CT molecular complexity index is 543. The molecule has 3 N–H and O–H groups in total. The van der Waals surface area contributed by atoms with Crippen molar-refractivity contribution in [2.24, 2.45) is 0 Å². The fourth-order valence-electron chi connectivity index (χ4n) is 2.56. The molecule has 0 radical (unpaired) electrons. The number of urea groups is 1. The SMILES string of the molecule is CC1(NC(=O)Nc2ccc(C=CC(=O)O)cc2)CCCC1. The number of anilines is 1. The lowest BCUT2D eigenvalue weighted by molar-refractivity contribution is -0.131. The van der Waals surface area contributed by atoms with Crippen LogP contribution in [-0.4, -0.2) is 22.6 Å². The molecule has 0 unspecified atom stereocenters. The number of benzene rings is 1. The molecule has 0 bridgehead atoms. The Labute approximate surface area is 124 Å². The van der Waals surface area contributed by atoms with E-state index in [1.807, 2.05) is 0 Å². The molecule has 0 saturated heterocycles. The van der Waals surface area contributed by atoms with Gasteiger partial charge >= 0.3 is 12.0 Å². The molecule has 1 aromatic carbocycles. The molecular formula is C16H20N2O3. The van der Waals surface area contributed by atoms with E-state index < -0.39 is 5.97 Å².